The van der Waals surface area contributed by atoms with Gasteiger partial charge in [-0.05, 0) is 32.0 Å². The number of hydrogen-bond acceptors (Lipinski definition) is 5. The summed E-state index contributed by atoms with van der Waals surface area (Å²) in [7, 11) is 0. The highest BCUT2D eigenvalue weighted by Gasteiger charge is 2.25. The van der Waals surface area contributed by atoms with Crippen LogP contribution in [0.3, 0.4) is 0 Å². The second-order valence-corrected chi connectivity index (χ2v) is 6.87. The minimum atomic E-state index is -1.67. The molecule has 0 unspecified atom stereocenters. The third-order valence-electron chi connectivity index (χ3n) is 4.36. The Morgan fingerprint density at radius 1 is 1.21 bits per heavy atom. The van der Waals surface area contributed by atoms with E-state index in [4.69, 9.17) is 0 Å². The van der Waals surface area contributed by atoms with Gasteiger partial charge >= 0.3 is 0 Å². The van der Waals surface area contributed by atoms with E-state index < -0.39 is 11.6 Å². The zero-order valence-electron chi connectivity index (χ0n) is 15.7. The Bertz CT molecular complexity index is 1210. The third kappa shape index (κ3) is 3.38. The standard InChI is InChI=1S/C20H17FN6O2/c1-20(2,21)16-8-9-22-17-10-15(25-27(16)17)19(29)24-18-13(12-28)11-23-26(18)14-6-4-3-5-7-14/h3-12H,1-2H3,(H,24,29). The summed E-state index contributed by atoms with van der Waals surface area (Å²) >= 11 is 0. The fourth-order valence-electron chi connectivity index (χ4n) is 2.97. The fourth-order valence-corrected chi connectivity index (χ4v) is 2.97. The zero-order valence-corrected chi connectivity index (χ0v) is 15.7. The Labute approximate surface area is 165 Å². The van der Waals surface area contributed by atoms with Crippen LogP contribution in [0.1, 0.15) is 40.4 Å². The number of aromatic nitrogens is 5. The van der Waals surface area contributed by atoms with E-state index in [1.54, 1.807) is 12.1 Å². The summed E-state index contributed by atoms with van der Waals surface area (Å²) in [5, 5.41) is 11.1. The van der Waals surface area contributed by atoms with Crippen LogP contribution in [0, 0.1) is 0 Å². The Hall–Kier alpha value is -3.88. The number of amides is 1. The second-order valence-electron chi connectivity index (χ2n) is 6.87. The zero-order chi connectivity index (χ0) is 20.6. The number of halogens is 1. The molecule has 0 aliphatic heterocycles. The molecule has 4 aromatic rings. The van der Waals surface area contributed by atoms with Gasteiger partial charge in [0.05, 0.1) is 23.1 Å². The maximum Gasteiger partial charge on any atom is 0.277 e. The Balaban J connectivity index is 1.73. The Morgan fingerprint density at radius 2 is 1.97 bits per heavy atom. The van der Waals surface area contributed by atoms with Gasteiger partial charge in [0, 0.05) is 12.3 Å². The van der Waals surface area contributed by atoms with Crippen molar-refractivity contribution in [1.82, 2.24) is 24.4 Å². The molecule has 29 heavy (non-hydrogen) atoms. The molecule has 0 bridgehead atoms. The molecule has 0 atom stereocenters. The molecular formula is C20H17FN6O2. The van der Waals surface area contributed by atoms with Crippen LogP contribution < -0.4 is 5.32 Å². The quantitative estimate of drug-likeness (QED) is 0.527. The van der Waals surface area contributed by atoms with Crippen molar-refractivity contribution in [1.29, 1.82) is 0 Å². The van der Waals surface area contributed by atoms with E-state index >= 15 is 0 Å². The maximum atomic E-state index is 14.5. The molecule has 0 aliphatic carbocycles. The third-order valence-corrected chi connectivity index (χ3v) is 4.36. The number of aldehydes is 1. The highest BCUT2D eigenvalue weighted by molar-refractivity contribution is 6.05. The summed E-state index contributed by atoms with van der Waals surface area (Å²) in [6, 6.07) is 12.0. The molecule has 0 aliphatic rings. The van der Waals surface area contributed by atoms with Gasteiger partial charge in [-0.3, -0.25) is 9.59 Å². The number of nitrogens with one attached hydrogen (secondary N) is 1. The molecule has 0 fully saturated rings. The van der Waals surface area contributed by atoms with Gasteiger partial charge in [-0.1, -0.05) is 18.2 Å². The summed E-state index contributed by atoms with van der Waals surface area (Å²) in [6.07, 6.45) is 3.44. The molecule has 4 rings (SSSR count). The lowest BCUT2D eigenvalue weighted by Gasteiger charge is -2.15. The predicted octanol–water partition coefficient (Wildman–Crippen LogP) is 3.18. The van der Waals surface area contributed by atoms with E-state index in [1.165, 1.54) is 47.6 Å². The minimum Gasteiger partial charge on any atom is -0.304 e. The summed E-state index contributed by atoms with van der Waals surface area (Å²) < 4.78 is 17.2. The summed E-state index contributed by atoms with van der Waals surface area (Å²) in [5.41, 5.74) is -0.136. The number of fused-ring (bicyclic) bond motifs is 1. The summed E-state index contributed by atoms with van der Waals surface area (Å²) in [4.78, 5) is 28.4. The molecule has 8 nitrogen and oxygen atoms in total. The summed E-state index contributed by atoms with van der Waals surface area (Å²) in [6.45, 7) is 2.80. The lowest BCUT2D eigenvalue weighted by molar-refractivity contribution is 0.102. The van der Waals surface area contributed by atoms with Crippen molar-refractivity contribution in [3.05, 3.63) is 71.8 Å². The normalized spacial score (nSPS) is 11.6. The molecule has 146 valence electrons. The molecular weight excluding hydrogens is 375 g/mol. The molecule has 1 N–H and O–H groups in total. The van der Waals surface area contributed by atoms with Gasteiger partial charge < -0.3 is 5.32 Å². The van der Waals surface area contributed by atoms with Gasteiger partial charge in [0.25, 0.3) is 5.91 Å². The van der Waals surface area contributed by atoms with Crippen LogP contribution >= 0.6 is 0 Å². The van der Waals surface area contributed by atoms with Crippen LogP contribution in [0.15, 0.2) is 54.9 Å². The average Bonchev–Trinajstić information content (AvgIpc) is 3.31. The van der Waals surface area contributed by atoms with Crippen molar-refractivity contribution < 1.29 is 14.0 Å². The molecule has 3 aromatic heterocycles. The SMILES string of the molecule is CC(C)(F)c1ccnc2cc(C(=O)Nc3c(C=O)cnn3-c3ccccc3)nn12. The molecule has 0 saturated heterocycles. The van der Waals surface area contributed by atoms with Crippen molar-refractivity contribution in [3.8, 4) is 5.69 Å². The van der Waals surface area contributed by atoms with Crippen LogP contribution in [-0.2, 0) is 5.67 Å². The van der Waals surface area contributed by atoms with Crippen molar-refractivity contribution in [2.45, 2.75) is 19.5 Å². The lowest BCUT2D eigenvalue weighted by atomic mass is 10.1. The fraction of sp³-hybridized carbons (Fsp3) is 0.150. The van der Waals surface area contributed by atoms with Gasteiger partial charge in [0.15, 0.2) is 17.6 Å². The highest BCUT2D eigenvalue weighted by atomic mass is 19.1. The van der Waals surface area contributed by atoms with E-state index in [9.17, 15) is 14.0 Å². The van der Waals surface area contributed by atoms with Gasteiger partial charge in [0.1, 0.15) is 11.5 Å². The van der Waals surface area contributed by atoms with E-state index in [0.717, 1.165) is 0 Å². The smallest absolute Gasteiger partial charge is 0.277 e. The van der Waals surface area contributed by atoms with E-state index in [-0.39, 0.29) is 22.8 Å². The van der Waals surface area contributed by atoms with Gasteiger partial charge in [-0.15, -0.1) is 0 Å². The van der Waals surface area contributed by atoms with E-state index in [0.29, 0.717) is 17.6 Å². The molecule has 0 spiro atoms. The van der Waals surface area contributed by atoms with Crippen LogP contribution in [0.2, 0.25) is 0 Å². The molecule has 0 saturated carbocycles. The predicted molar refractivity (Wildman–Crippen MR) is 104 cm³/mol. The average molecular weight is 392 g/mol. The monoisotopic (exact) mass is 392 g/mol. The molecule has 1 amide bonds. The van der Waals surface area contributed by atoms with Crippen LogP contribution in [0.4, 0.5) is 10.2 Å². The molecule has 9 heteroatoms. The number of benzene rings is 1. The first-order valence-electron chi connectivity index (χ1n) is 8.82. The number of alkyl halides is 1. The van der Waals surface area contributed by atoms with Gasteiger partial charge in [0.2, 0.25) is 0 Å². The Morgan fingerprint density at radius 3 is 2.66 bits per heavy atom. The van der Waals surface area contributed by atoms with Crippen LogP contribution in [0.5, 0.6) is 0 Å². The highest BCUT2D eigenvalue weighted by Crippen LogP contribution is 2.25. The molecule has 0 radical (unpaired) electrons. The maximum absolute atomic E-state index is 14.5. The van der Waals surface area contributed by atoms with Gasteiger partial charge in [-0.25, -0.2) is 18.6 Å². The van der Waals surface area contributed by atoms with Crippen molar-refractivity contribution in [3.63, 3.8) is 0 Å². The van der Waals surface area contributed by atoms with Crippen molar-refractivity contribution in [2.24, 2.45) is 0 Å². The number of nitrogens with zero attached hydrogens (tertiary/aromatic N) is 5. The van der Waals surface area contributed by atoms with Crippen LogP contribution in [0.25, 0.3) is 11.3 Å². The number of hydrogen-bond donors (Lipinski definition) is 1. The minimum absolute atomic E-state index is 0.0341. The number of para-hydroxylation sites is 1. The number of carbonyl (C=O) groups is 2. The van der Waals surface area contributed by atoms with Crippen LogP contribution in [-0.4, -0.2) is 36.6 Å². The van der Waals surface area contributed by atoms with E-state index in [1.807, 2.05) is 18.2 Å². The molecule has 1 aromatic carbocycles. The second kappa shape index (κ2) is 6.93. The number of rotatable bonds is 5. The van der Waals surface area contributed by atoms with Crippen molar-refractivity contribution in [2.75, 3.05) is 5.32 Å². The number of carbonyl (C=O) groups excluding carboxylic acids is 2. The van der Waals surface area contributed by atoms with Gasteiger partial charge in [-0.2, -0.15) is 10.2 Å². The topological polar surface area (TPSA) is 94.2 Å². The first kappa shape index (κ1) is 18.5. The Kier molecular flexibility index (Phi) is 4.42. The largest absolute Gasteiger partial charge is 0.304 e. The first-order valence-corrected chi connectivity index (χ1v) is 8.82. The molecule has 3 heterocycles. The van der Waals surface area contributed by atoms with E-state index in [2.05, 4.69) is 20.5 Å². The lowest BCUT2D eigenvalue weighted by Crippen LogP contribution is -2.18. The summed E-state index contributed by atoms with van der Waals surface area (Å²) in [5.74, 6) is -0.355. The van der Waals surface area contributed by atoms with Crippen molar-refractivity contribution >= 4 is 23.7 Å². The number of anilines is 1. The first-order chi connectivity index (χ1) is 13.9.